The lowest BCUT2D eigenvalue weighted by molar-refractivity contribution is -0.186. The molecule has 0 saturated carbocycles. The minimum Gasteiger partial charge on any atom is -0.342 e. The lowest BCUT2D eigenvalue weighted by atomic mass is 9.96. The third-order valence-corrected chi connectivity index (χ3v) is 3.82. The van der Waals surface area contributed by atoms with Crippen molar-refractivity contribution in [2.75, 3.05) is 13.1 Å². The van der Waals surface area contributed by atoms with Crippen LogP contribution in [0.4, 0.5) is 13.2 Å². The maximum Gasteiger partial charge on any atom is 0.471 e. The number of hydrogen-bond donors (Lipinski definition) is 1. The van der Waals surface area contributed by atoms with Crippen molar-refractivity contribution in [3.8, 4) is 0 Å². The van der Waals surface area contributed by atoms with E-state index in [1.807, 2.05) is 24.3 Å². The zero-order valence-electron chi connectivity index (χ0n) is 11.2. The minimum atomic E-state index is -4.79. The summed E-state index contributed by atoms with van der Waals surface area (Å²) < 4.78 is 37.2. The number of H-pyrrole nitrogens is 1. The van der Waals surface area contributed by atoms with Gasteiger partial charge in [-0.25, -0.2) is 4.98 Å². The molecule has 1 aliphatic rings. The summed E-state index contributed by atoms with van der Waals surface area (Å²) in [6.45, 7) is 0.222. The van der Waals surface area contributed by atoms with E-state index >= 15 is 0 Å². The summed E-state index contributed by atoms with van der Waals surface area (Å²) in [5, 5.41) is 0. The van der Waals surface area contributed by atoms with Crippen molar-refractivity contribution in [3.63, 3.8) is 0 Å². The second-order valence-corrected chi connectivity index (χ2v) is 5.20. The Labute approximate surface area is 119 Å². The van der Waals surface area contributed by atoms with Gasteiger partial charge >= 0.3 is 12.1 Å². The molecule has 1 N–H and O–H groups in total. The fraction of sp³-hybridized carbons (Fsp3) is 0.429. The Bertz CT molecular complexity index is 624. The van der Waals surface area contributed by atoms with Crippen LogP contribution in [0.1, 0.15) is 24.6 Å². The van der Waals surface area contributed by atoms with Crippen LogP contribution in [0.25, 0.3) is 11.0 Å². The molecule has 1 saturated heterocycles. The number of aromatic amines is 1. The Hall–Kier alpha value is -2.05. The minimum absolute atomic E-state index is 0.0645. The van der Waals surface area contributed by atoms with Gasteiger partial charge in [0, 0.05) is 19.0 Å². The molecule has 4 nitrogen and oxygen atoms in total. The molecule has 0 aliphatic carbocycles. The lowest BCUT2D eigenvalue weighted by Crippen LogP contribution is -2.45. The zero-order valence-corrected chi connectivity index (χ0v) is 11.2. The fourth-order valence-corrected chi connectivity index (χ4v) is 2.70. The van der Waals surface area contributed by atoms with Gasteiger partial charge in [0.25, 0.3) is 0 Å². The maximum atomic E-state index is 12.4. The van der Waals surface area contributed by atoms with Crippen LogP contribution in [-0.4, -0.2) is 40.0 Å². The molecule has 1 aliphatic heterocycles. The van der Waals surface area contributed by atoms with Crippen LogP contribution < -0.4 is 0 Å². The Morgan fingerprint density at radius 3 is 2.52 bits per heavy atom. The average Bonchev–Trinajstić information content (AvgIpc) is 2.89. The molecule has 0 unspecified atom stereocenters. The second kappa shape index (κ2) is 5.05. The van der Waals surface area contributed by atoms with Crippen LogP contribution in [0.2, 0.25) is 0 Å². The van der Waals surface area contributed by atoms with E-state index in [4.69, 9.17) is 0 Å². The number of piperidine rings is 1. The fourth-order valence-electron chi connectivity index (χ4n) is 2.70. The topological polar surface area (TPSA) is 49.0 Å². The summed E-state index contributed by atoms with van der Waals surface area (Å²) in [6, 6.07) is 7.58. The third-order valence-electron chi connectivity index (χ3n) is 3.82. The first kappa shape index (κ1) is 13.9. The number of nitrogens with zero attached hydrogens (tertiary/aromatic N) is 2. The number of imidazole rings is 1. The number of para-hydroxylation sites is 2. The number of aromatic nitrogens is 2. The molecule has 0 radical (unpaired) electrons. The number of benzene rings is 1. The monoisotopic (exact) mass is 297 g/mol. The highest BCUT2D eigenvalue weighted by Crippen LogP contribution is 2.29. The molecule has 2 heterocycles. The molecular formula is C14H14F3N3O. The Kier molecular flexibility index (Phi) is 3.35. The summed E-state index contributed by atoms with van der Waals surface area (Å²) in [4.78, 5) is 19.7. The van der Waals surface area contributed by atoms with Crippen LogP contribution in [-0.2, 0) is 4.79 Å². The average molecular weight is 297 g/mol. The predicted molar refractivity (Wildman–Crippen MR) is 70.7 cm³/mol. The number of hydrogen-bond acceptors (Lipinski definition) is 2. The van der Waals surface area contributed by atoms with E-state index in [0.29, 0.717) is 12.8 Å². The van der Waals surface area contributed by atoms with Gasteiger partial charge < -0.3 is 9.88 Å². The smallest absolute Gasteiger partial charge is 0.342 e. The highest BCUT2D eigenvalue weighted by molar-refractivity contribution is 5.82. The van der Waals surface area contributed by atoms with E-state index in [1.54, 1.807) is 0 Å². The standard InChI is InChI=1S/C14H14F3N3O/c15-14(16,17)13(21)20-7-5-9(6-8-20)12-18-10-3-1-2-4-11(10)19-12/h1-4,9H,5-8H2,(H,18,19). The molecule has 21 heavy (non-hydrogen) atoms. The Morgan fingerprint density at radius 2 is 1.90 bits per heavy atom. The second-order valence-electron chi connectivity index (χ2n) is 5.20. The number of alkyl halides is 3. The Morgan fingerprint density at radius 1 is 1.24 bits per heavy atom. The first-order valence-electron chi connectivity index (χ1n) is 6.76. The van der Waals surface area contributed by atoms with Gasteiger partial charge in [0.05, 0.1) is 11.0 Å². The molecule has 1 aromatic heterocycles. The van der Waals surface area contributed by atoms with Crippen LogP contribution >= 0.6 is 0 Å². The summed E-state index contributed by atoms with van der Waals surface area (Å²) in [5.74, 6) is -0.893. The van der Waals surface area contributed by atoms with Crippen molar-refractivity contribution >= 4 is 16.9 Å². The first-order chi connectivity index (χ1) is 9.95. The van der Waals surface area contributed by atoms with Crippen molar-refractivity contribution in [1.29, 1.82) is 0 Å². The van der Waals surface area contributed by atoms with Crippen LogP contribution in [0.5, 0.6) is 0 Å². The van der Waals surface area contributed by atoms with Gasteiger partial charge in [-0.3, -0.25) is 4.79 Å². The summed E-state index contributed by atoms with van der Waals surface area (Å²) in [5.41, 5.74) is 1.77. The number of rotatable bonds is 1. The van der Waals surface area contributed by atoms with Crippen LogP contribution in [0.15, 0.2) is 24.3 Å². The maximum absolute atomic E-state index is 12.4. The number of halogens is 3. The number of carbonyl (C=O) groups is 1. The van der Waals surface area contributed by atoms with Crippen molar-refractivity contribution in [2.45, 2.75) is 24.9 Å². The van der Waals surface area contributed by atoms with Crippen molar-refractivity contribution < 1.29 is 18.0 Å². The highest BCUT2D eigenvalue weighted by Gasteiger charge is 2.43. The number of amides is 1. The molecule has 1 amide bonds. The quantitative estimate of drug-likeness (QED) is 0.880. The number of carbonyl (C=O) groups excluding carboxylic acids is 1. The molecule has 2 aromatic rings. The molecule has 0 atom stereocenters. The van der Waals surface area contributed by atoms with Crippen molar-refractivity contribution in [3.05, 3.63) is 30.1 Å². The van der Waals surface area contributed by atoms with E-state index in [-0.39, 0.29) is 19.0 Å². The normalized spacial score (nSPS) is 17.4. The van der Waals surface area contributed by atoms with Crippen molar-refractivity contribution in [1.82, 2.24) is 14.9 Å². The van der Waals surface area contributed by atoms with E-state index in [2.05, 4.69) is 9.97 Å². The van der Waals surface area contributed by atoms with E-state index < -0.39 is 12.1 Å². The van der Waals surface area contributed by atoms with Crippen molar-refractivity contribution in [2.24, 2.45) is 0 Å². The molecule has 7 heteroatoms. The van der Waals surface area contributed by atoms with Gasteiger partial charge in [-0.15, -0.1) is 0 Å². The van der Waals surface area contributed by atoms with Gasteiger partial charge in [0.1, 0.15) is 5.82 Å². The molecule has 1 fully saturated rings. The molecule has 0 bridgehead atoms. The first-order valence-corrected chi connectivity index (χ1v) is 6.76. The molecule has 0 spiro atoms. The van der Waals surface area contributed by atoms with E-state index in [9.17, 15) is 18.0 Å². The van der Waals surface area contributed by atoms with Crippen LogP contribution in [0, 0.1) is 0 Å². The van der Waals surface area contributed by atoms with Gasteiger partial charge in [-0.05, 0) is 25.0 Å². The molecule has 3 rings (SSSR count). The lowest BCUT2D eigenvalue weighted by Gasteiger charge is -2.31. The van der Waals surface area contributed by atoms with Crippen LogP contribution in [0.3, 0.4) is 0 Å². The molecular weight excluding hydrogens is 283 g/mol. The zero-order chi connectivity index (χ0) is 15.0. The summed E-state index contributed by atoms with van der Waals surface area (Å²) >= 11 is 0. The van der Waals surface area contributed by atoms with E-state index in [0.717, 1.165) is 21.8 Å². The van der Waals surface area contributed by atoms with Gasteiger partial charge in [-0.1, -0.05) is 12.1 Å². The number of nitrogens with one attached hydrogen (secondary N) is 1. The molecule has 1 aromatic carbocycles. The number of likely N-dealkylation sites (tertiary alicyclic amines) is 1. The Balaban J connectivity index is 1.69. The number of fused-ring (bicyclic) bond motifs is 1. The third kappa shape index (κ3) is 2.72. The van der Waals surface area contributed by atoms with Gasteiger partial charge in [0.2, 0.25) is 0 Å². The molecule has 112 valence electrons. The van der Waals surface area contributed by atoms with E-state index in [1.165, 1.54) is 0 Å². The summed E-state index contributed by atoms with van der Waals surface area (Å²) in [7, 11) is 0. The predicted octanol–water partition coefficient (Wildman–Crippen LogP) is 2.83. The SMILES string of the molecule is O=C(N1CCC(c2nc3ccccc3[nH]2)CC1)C(F)(F)F. The highest BCUT2D eigenvalue weighted by atomic mass is 19.4. The summed E-state index contributed by atoms with van der Waals surface area (Å²) in [6.07, 6.45) is -3.81. The van der Waals surface area contributed by atoms with Gasteiger partial charge in [0.15, 0.2) is 0 Å². The van der Waals surface area contributed by atoms with Gasteiger partial charge in [-0.2, -0.15) is 13.2 Å². The largest absolute Gasteiger partial charge is 0.471 e.